The molecule has 0 unspecified atom stereocenters. The van der Waals surface area contributed by atoms with Crippen molar-refractivity contribution in [3.05, 3.63) is 59.4 Å². The summed E-state index contributed by atoms with van der Waals surface area (Å²) in [4.78, 5) is 28.6. The van der Waals surface area contributed by atoms with Crippen LogP contribution in [0.4, 0.5) is 15.8 Å². The van der Waals surface area contributed by atoms with Crippen molar-refractivity contribution in [3.8, 4) is 0 Å². The van der Waals surface area contributed by atoms with Crippen LogP contribution < -0.4 is 10.2 Å². The fourth-order valence-electron chi connectivity index (χ4n) is 2.99. The van der Waals surface area contributed by atoms with E-state index in [-0.39, 0.29) is 30.3 Å². The number of carbonyl (C=O) groups is 2. The highest BCUT2D eigenvalue weighted by Crippen LogP contribution is 2.26. The second-order valence-electron chi connectivity index (χ2n) is 7.25. The largest absolute Gasteiger partial charge is 0.377 e. The zero-order valence-corrected chi connectivity index (χ0v) is 17.5. The summed E-state index contributed by atoms with van der Waals surface area (Å²) >= 11 is 0. The highest BCUT2D eigenvalue weighted by atomic mass is 19.1. The number of benzene rings is 2. The second kappa shape index (κ2) is 10.0. The molecule has 0 spiro atoms. The van der Waals surface area contributed by atoms with Gasteiger partial charge in [-0.3, -0.25) is 9.59 Å². The number of methoxy groups -OCH3 is 1. The molecule has 0 saturated heterocycles. The average Bonchev–Trinajstić information content (AvgIpc) is 2.66. The lowest BCUT2D eigenvalue weighted by molar-refractivity contribution is -0.119. The molecular weight excluding hydrogens is 373 g/mol. The standard InChI is InChI=1S/C22H28FN3O3/c1-15(2)26(22(28)16-6-8-18(23)9-7-16)13-17-12-19(24-21(27)14-29-5)10-11-20(17)25(3)4/h6-12,15H,13-14H2,1-5H3,(H,24,27). The molecule has 0 bridgehead atoms. The summed E-state index contributed by atoms with van der Waals surface area (Å²) < 4.78 is 18.1. The lowest BCUT2D eigenvalue weighted by Gasteiger charge is -2.29. The monoisotopic (exact) mass is 401 g/mol. The van der Waals surface area contributed by atoms with Gasteiger partial charge < -0.3 is 19.9 Å². The van der Waals surface area contributed by atoms with E-state index < -0.39 is 0 Å². The lowest BCUT2D eigenvalue weighted by Crippen LogP contribution is -2.36. The van der Waals surface area contributed by atoms with E-state index >= 15 is 0 Å². The van der Waals surface area contributed by atoms with Gasteiger partial charge in [0, 0.05) is 50.7 Å². The molecule has 0 fully saturated rings. The molecule has 2 amide bonds. The Labute approximate surface area is 171 Å². The third-order valence-electron chi connectivity index (χ3n) is 4.44. The van der Waals surface area contributed by atoms with Crippen LogP contribution in [0.1, 0.15) is 29.8 Å². The van der Waals surface area contributed by atoms with Gasteiger partial charge in [-0.1, -0.05) is 0 Å². The van der Waals surface area contributed by atoms with Crippen LogP contribution in [0.15, 0.2) is 42.5 Å². The van der Waals surface area contributed by atoms with E-state index in [9.17, 15) is 14.0 Å². The fraction of sp³-hybridized carbons (Fsp3) is 0.364. The molecule has 1 N–H and O–H groups in total. The molecule has 0 atom stereocenters. The Morgan fingerprint density at radius 1 is 1.10 bits per heavy atom. The topological polar surface area (TPSA) is 61.9 Å². The molecular formula is C22H28FN3O3. The summed E-state index contributed by atoms with van der Waals surface area (Å²) in [5, 5.41) is 2.79. The summed E-state index contributed by atoms with van der Waals surface area (Å²) in [5.41, 5.74) is 2.88. The molecule has 2 aromatic carbocycles. The quantitative estimate of drug-likeness (QED) is 0.735. The molecule has 7 heteroatoms. The van der Waals surface area contributed by atoms with Crippen molar-refractivity contribution >= 4 is 23.2 Å². The number of hydrogen-bond acceptors (Lipinski definition) is 4. The second-order valence-corrected chi connectivity index (χ2v) is 7.25. The van der Waals surface area contributed by atoms with Crippen molar-refractivity contribution in [2.75, 3.05) is 38.0 Å². The minimum Gasteiger partial charge on any atom is -0.377 e. The molecule has 0 aliphatic rings. The van der Waals surface area contributed by atoms with E-state index in [2.05, 4.69) is 5.32 Å². The van der Waals surface area contributed by atoms with Gasteiger partial charge in [0.15, 0.2) is 0 Å². The highest BCUT2D eigenvalue weighted by molar-refractivity contribution is 5.94. The fourth-order valence-corrected chi connectivity index (χ4v) is 2.99. The van der Waals surface area contributed by atoms with Gasteiger partial charge in [-0.05, 0) is 61.9 Å². The van der Waals surface area contributed by atoms with Gasteiger partial charge in [0.1, 0.15) is 12.4 Å². The number of rotatable bonds is 8. The van der Waals surface area contributed by atoms with Gasteiger partial charge in [-0.2, -0.15) is 0 Å². The molecule has 2 aromatic rings. The van der Waals surface area contributed by atoms with Gasteiger partial charge in [-0.25, -0.2) is 4.39 Å². The molecule has 6 nitrogen and oxygen atoms in total. The molecule has 156 valence electrons. The van der Waals surface area contributed by atoms with Crippen LogP contribution in [-0.2, 0) is 16.1 Å². The lowest BCUT2D eigenvalue weighted by atomic mass is 10.1. The van der Waals surface area contributed by atoms with Crippen molar-refractivity contribution in [1.82, 2.24) is 4.90 Å². The Balaban J connectivity index is 2.34. The van der Waals surface area contributed by atoms with Crippen LogP contribution >= 0.6 is 0 Å². The zero-order chi connectivity index (χ0) is 21.6. The molecule has 0 heterocycles. The van der Waals surface area contributed by atoms with Crippen molar-refractivity contribution < 1.29 is 18.7 Å². The normalized spacial score (nSPS) is 10.7. The highest BCUT2D eigenvalue weighted by Gasteiger charge is 2.21. The van der Waals surface area contributed by atoms with Gasteiger partial charge in [0.25, 0.3) is 5.91 Å². The number of anilines is 2. The Kier molecular flexibility index (Phi) is 7.73. The molecule has 0 saturated carbocycles. The number of ether oxygens (including phenoxy) is 1. The van der Waals surface area contributed by atoms with Crippen LogP contribution in [0, 0.1) is 5.82 Å². The predicted molar refractivity (Wildman–Crippen MR) is 113 cm³/mol. The summed E-state index contributed by atoms with van der Waals surface area (Å²) in [6, 6.07) is 11.0. The third kappa shape index (κ3) is 6.02. The van der Waals surface area contributed by atoms with E-state index in [0.717, 1.165) is 11.3 Å². The Hall–Kier alpha value is -2.93. The maximum absolute atomic E-state index is 13.2. The maximum Gasteiger partial charge on any atom is 0.254 e. The summed E-state index contributed by atoms with van der Waals surface area (Å²) in [6.45, 7) is 4.17. The minimum absolute atomic E-state index is 0.0358. The van der Waals surface area contributed by atoms with E-state index in [1.165, 1.54) is 31.4 Å². The summed E-state index contributed by atoms with van der Waals surface area (Å²) in [5.74, 6) is -0.815. The summed E-state index contributed by atoms with van der Waals surface area (Å²) in [6.07, 6.45) is 0. The zero-order valence-electron chi connectivity index (χ0n) is 17.5. The van der Waals surface area contributed by atoms with Crippen LogP contribution in [-0.4, -0.2) is 50.6 Å². The summed E-state index contributed by atoms with van der Waals surface area (Å²) in [7, 11) is 5.30. The first kappa shape index (κ1) is 22.4. The van der Waals surface area contributed by atoms with E-state index in [1.54, 1.807) is 4.90 Å². The maximum atomic E-state index is 13.2. The Bertz CT molecular complexity index is 851. The van der Waals surface area contributed by atoms with Crippen LogP contribution in [0.2, 0.25) is 0 Å². The predicted octanol–water partition coefficient (Wildman–Crippen LogP) is 3.53. The van der Waals surface area contributed by atoms with E-state index in [1.807, 2.05) is 51.0 Å². The number of amides is 2. The van der Waals surface area contributed by atoms with Gasteiger partial charge in [-0.15, -0.1) is 0 Å². The molecule has 0 aliphatic heterocycles. The molecule has 2 rings (SSSR count). The number of hydrogen-bond donors (Lipinski definition) is 1. The van der Waals surface area contributed by atoms with Gasteiger partial charge >= 0.3 is 0 Å². The number of nitrogens with zero attached hydrogens (tertiary/aromatic N) is 2. The molecule has 0 radical (unpaired) electrons. The Morgan fingerprint density at radius 2 is 1.76 bits per heavy atom. The van der Waals surface area contributed by atoms with Crippen molar-refractivity contribution in [2.45, 2.75) is 26.4 Å². The van der Waals surface area contributed by atoms with Crippen LogP contribution in [0.3, 0.4) is 0 Å². The third-order valence-corrected chi connectivity index (χ3v) is 4.44. The van der Waals surface area contributed by atoms with Gasteiger partial charge in [0.05, 0.1) is 0 Å². The SMILES string of the molecule is COCC(=O)Nc1ccc(N(C)C)c(CN(C(=O)c2ccc(F)cc2)C(C)C)c1. The molecule has 0 aliphatic carbocycles. The van der Waals surface area contributed by atoms with Crippen molar-refractivity contribution in [1.29, 1.82) is 0 Å². The smallest absolute Gasteiger partial charge is 0.254 e. The molecule has 0 aromatic heterocycles. The number of nitrogens with one attached hydrogen (secondary N) is 1. The first-order chi connectivity index (χ1) is 13.7. The first-order valence-corrected chi connectivity index (χ1v) is 9.38. The molecule has 29 heavy (non-hydrogen) atoms. The van der Waals surface area contributed by atoms with Crippen molar-refractivity contribution in [3.63, 3.8) is 0 Å². The van der Waals surface area contributed by atoms with E-state index in [4.69, 9.17) is 4.74 Å². The van der Waals surface area contributed by atoms with Crippen LogP contribution in [0.25, 0.3) is 0 Å². The van der Waals surface area contributed by atoms with Crippen molar-refractivity contribution in [2.24, 2.45) is 0 Å². The minimum atomic E-state index is -0.382. The average molecular weight is 401 g/mol. The first-order valence-electron chi connectivity index (χ1n) is 9.38. The van der Waals surface area contributed by atoms with Gasteiger partial charge in [0.2, 0.25) is 5.91 Å². The number of halogens is 1. The number of carbonyl (C=O) groups excluding carboxylic acids is 2. The Morgan fingerprint density at radius 3 is 2.31 bits per heavy atom. The van der Waals surface area contributed by atoms with E-state index in [0.29, 0.717) is 17.8 Å². The van der Waals surface area contributed by atoms with Crippen LogP contribution in [0.5, 0.6) is 0 Å².